The standard InChI is InChI=1S/C17H19N3O/c1-11-9-12(21-2)3-4-13(11)17-14-5-7-19-10-15(14)16(18)6-8-20-17/h3-5,7,9-10,20H,6,8,18H2,1-2H3. The fraction of sp³-hybridized carbons (Fsp3) is 0.235. The quantitative estimate of drug-likeness (QED) is 0.847. The first-order valence-electron chi connectivity index (χ1n) is 7.02. The molecule has 1 aromatic heterocycles. The Kier molecular flexibility index (Phi) is 3.52. The number of methoxy groups -OCH3 is 1. The van der Waals surface area contributed by atoms with Gasteiger partial charge in [-0.3, -0.25) is 4.98 Å². The van der Waals surface area contributed by atoms with Gasteiger partial charge in [0.05, 0.1) is 7.11 Å². The third kappa shape index (κ3) is 2.44. The van der Waals surface area contributed by atoms with E-state index in [1.807, 2.05) is 24.4 Å². The molecule has 2 aromatic rings. The second kappa shape index (κ2) is 5.48. The minimum atomic E-state index is 0.817. The molecule has 1 aromatic carbocycles. The van der Waals surface area contributed by atoms with Crippen molar-refractivity contribution in [3.8, 4) is 5.75 Å². The first kappa shape index (κ1) is 13.5. The summed E-state index contributed by atoms with van der Waals surface area (Å²) in [6, 6.07) is 8.13. The van der Waals surface area contributed by atoms with Gasteiger partial charge in [0.1, 0.15) is 5.75 Å². The lowest BCUT2D eigenvalue weighted by Gasteiger charge is -2.13. The molecule has 1 aliphatic heterocycles. The number of fused-ring (bicyclic) bond motifs is 1. The van der Waals surface area contributed by atoms with Crippen molar-refractivity contribution in [3.05, 3.63) is 58.2 Å². The average Bonchev–Trinajstić information content (AvgIpc) is 2.67. The molecule has 108 valence electrons. The van der Waals surface area contributed by atoms with E-state index in [1.54, 1.807) is 13.3 Å². The van der Waals surface area contributed by atoms with Crippen molar-refractivity contribution in [2.45, 2.75) is 13.3 Å². The van der Waals surface area contributed by atoms with E-state index in [2.05, 4.69) is 23.3 Å². The van der Waals surface area contributed by atoms with Gasteiger partial charge in [0.15, 0.2) is 0 Å². The van der Waals surface area contributed by atoms with Crippen LogP contribution in [0.25, 0.3) is 11.4 Å². The summed E-state index contributed by atoms with van der Waals surface area (Å²) in [5.41, 5.74) is 10.5. The van der Waals surface area contributed by atoms with Gasteiger partial charge >= 0.3 is 0 Å². The van der Waals surface area contributed by atoms with Gasteiger partial charge < -0.3 is 15.8 Å². The fourth-order valence-corrected chi connectivity index (χ4v) is 2.70. The third-order valence-corrected chi connectivity index (χ3v) is 3.84. The zero-order chi connectivity index (χ0) is 14.8. The minimum absolute atomic E-state index is 0.817. The monoisotopic (exact) mass is 281 g/mol. The summed E-state index contributed by atoms with van der Waals surface area (Å²) in [5.74, 6) is 0.867. The maximum absolute atomic E-state index is 6.17. The number of pyridine rings is 1. The summed E-state index contributed by atoms with van der Waals surface area (Å²) >= 11 is 0. The van der Waals surface area contributed by atoms with Crippen LogP contribution in [0.1, 0.15) is 17.5 Å². The predicted molar refractivity (Wildman–Crippen MR) is 83.9 cm³/mol. The molecule has 3 N–H and O–H groups in total. The Balaban J connectivity index is 2.32. The minimum Gasteiger partial charge on any atom is -0.497 e. The van der Waals surface area contributed by atoms with Crippen LogP contribution in [0.3, 0.4) is 0 Å². The van der Waals surface area contributed by atoms with Crippen molar-refractivity contribution in [1.82, 2.24) is 10.3 Å². The molecule has 2 heterocycles. The SMILES string of the molecule is COc1ccc(C2=c3ccncc3=C(N)CCN2)c(C)c1. The molecule has 0 aliphatic carbocycles. The van der Waals surface area contributed by atoms with Crippen molar-refractivity contribution in [2.24, 2.45) is 5.73 Å². The number of nitrogens with two attached hydrogens (primary N) is 1. The van der Waals surface area contributed by atoms with E-state index in [9.17, 15) is 0 Å². The van der Waals surface area contributed by atoms with Crippen LogP contribution >= 0.6 is 0 Å². The molecule has 0 amide bonds. The summed E-state index contributed by atoms with van der Waals surface area (Å²) in [7, 11) is 1.68. The molecule has 21 heavy (non-hydrogen) atoms. The van der Waals surface area contributed by atoms with Crippen LogP contribution in [0, 0.1) is 6.92 Å². The molecule has 0 saturated heterocycles. The normalized spacial score (nSPS) is 14.2. The van der Waals surface area contributed by atoms with Crippen LogP contribution in [0.5, 0.6) is 5.75 Å². The first-order chi connectivity index (χ1) is 10.2. The molecule has 0 radical (unpaired) electrons. The molecule has 0 atom stereocenters. The number of rotatable bonds is 2. The lowest BCUT2D eigenvalue weighted by atomic mass is 10.0. The first-order valence-corrected chi connectivity index (χ1v) is 7.02. The highest BCUT2D eigenvalue weighted by atomic mass is 16.5. The maximum atomic E-state index is 6.17. The predicted octanol–water partition coefficient (Wildman–Crippen LogP) is 0.615. The number of nitrogens with one attached hydrogen (secondary N) is 1. The second-order valence-corrected chi connectivity index (χ2v) is 5.18. The molecule has 4 nitrogen and oxygen atoms in total. The van der Waals surface area contributed by atoms with Gasteiger partial charge in [0.25, 0.3) is 0 Å². The Morgan fingerprint density at radius 1 is 1.24 bits per heavy atom. The summed E-state index contributed by atoms with van der Waals surface area (Å²) < 4.78 is 5.28. The van der Waals surface area contributed by atoms with Gasteiger partial charge in [-0.1, -0.05) is 0 Å². The largest absolute Gasteiger partial charge is 0.497 e. The van der Waals surface area contributed by atoms with E-state index < -0.39 is 0 Å². The zero-order valence-electron chi connectivity index (χ0n) is 12.3. The third-order valence-electron chi connectivity index (χ3n) is 3.84. The number of nitrogens with zero attached hydrogens (tertiary/aromatic N) is 1. The topological polar surface area (TPSA) is 60.2 Å². The highest BCUT2D eigenvalue weighted by Gasteiger charge is 2.11. The molecule has 0 saturated carbocycles. The van der Waals surface area contributed by atoms with Gasteiger partial charge in [0, 0.05) is 52.8 Å². The number of hydrogen-bond acceptors (Lipinski definition) is 4. The van der Waals surface area contributed by atoms with E-state index in [1.165, 1.54) is 5.56 Å². The van der Waals surface area contributed by atoms with E-state index >= 15 is 0 Å². The Morgan fingerprint density at radius 2 is 2.10 bits per heavy atom. The Labute approximate surface area is 124 Å². The lowest BCUT2D eigenvalue weighted by Crippen LogP contribution is -2.33. The van der Waals surface area contributed by atoms with Crippen molar-refractivity contribution in [2.75, 3.05) is 13.7 Å². The molecular weight excluding hydrogens is 262 g/mol. The van der Waals surface area contributed by atoms with E-state index in [4.69, 9.17) is 10.5 Å². The maximum Gasteiger partial charge on any atom is 0.119 e. The highest BCUT2D eigenvalue weighted by Crippen LogP contribution is 2.21. The molecule has 4 heteroatoms. The van der Waals surface area contributed by atoms with Crippen LogP contribution in [0.2, 0.25) is 0 Å². The summed E-state index contributed by atoms with van der Waals surface area (Å²) in [6.45, 7) is 2.91. The fourth-order valence-electron chi connectivity index (χ4n) is 2.70. The van der Waals surface area contributed by atoms with E-state index in [0.29, 0.717) is 0 Å². The number of ether oxygens (including phenoxy) is 1. The van der Waals surface area contributed by atoms with E-state index in [-0.39, 0.29) is 0 Å². The lowest BCUT2D eigenvalue weighted by molar-refractivity contribution is 0.414. The van der Waals surface area contributed by atoms with Gasteiger partial charge in [-0.15, -0.1) is 0 Å². The van der Waals surface area contributed by atoms with Crippen molar-refractivity contribution in [1.29, 1.82) is 0 Å². The van der Waals surface area contributed by atoms with Gasteiger partial charge in [-0.25, -0.2) is 0 Å². The summed E-state index contributed by atoms with van der Waals surface area (Å²) in [4.78, 5) is 4.21. The Bertz CT molecular complexity index is 796. The second-order valence-electron chi connectivity index (χ2n) is 5.18. The van der Waals surface area contributed by atoms with Crippen LogP contribution < -0.4 is 26.2 Å². The number of hydrogen-bond donors (Lipinski definition) is 2. The number of aryl methyl sites for hydroxylation is 1. The van der Waals surface area contributed by atoms with Gasteiger partial charge in [0.2, 0.25) is 0 Å². The molecule has 0 spiro atoms. The Hall–Kier alpha value is -2.49. The molecule has 3 rings (SSSR count). The van der Waals surface area contributed by atoms with Crippen LogP contribution in [0.4, 0.5) is 0 Å². The Morgan fingerprint density at radius 3 is 2.86 bits per heavy atom. The van der Waals surface area contributed by atoms with Crippen molar-refractivity contribution in [3.63, 3.8) is 0 Å². The summed E-state index contributed by atoms with van der Waals surface area (Å²) in [6.07, 6.45) is 4.46. The van der Waals surface area contributed by atoms with Crippen LogP contribution in [0.15, 0.2) is 36.7 Å². The van der Waals surface area contributed by atoms with Crippen LogP contribution in [-0.4, -0.2) is 18.6 Å². The number of benzene rings is 1. The molecular formula is C17H19N3O. The highest BCUT2D eigenvalue weighted by molar-refractivity contribution is 5.68. The number of aromatic nitrogens is 1. The zero-order valence-corrected chi connectivity index (χ0v) is 12.3. The summed E-state index contributed by atoms with van der Waals surface area (Å²) in [5, 5.41) is 5.64. The molecule has 1 aliphatic rings. The molecule has 0 unspecified atom stereocenters. The molecule has 0 bridgehead atoms. The van der Waals surface area contributed by atoms with E-state index in [0.717, 1.165) is 46.1 Å². The average molecular weight is 281 g/mol. The van der Waals surface area contributed by atoms with Crippen molar-refractivity contribution < 1.29 is 4.74 Å². The van der Waals surface area contributed by atoms with Gasteiger partial charge in [-0.2, -0.15) is 0 Å². The van der Waals surface area contributed by atoms with Crippen LogP contribution in [-0.2, 0) is 0 Å². The molecule has 0 fully saturated rings. The smallest absolute Gasteiger partial charge is 0.119 e. The van der Waals surface area contributed by atoms with Gasteiger partial charge in [-0.05, 0) is 36.8 Å². The van der Waals surface area contributed by atoms with Crippen molar-refractivity contribution >= 4 is 11.4 Å².